The molecule has 0 aliphatic rings. The maximum Gasteiger partial charge on any atom is 0.226 e. The van der Waals surface area contributed by atoms with Gasteiger partial charge in [0.15, 0.2) is 0 Å². The van der Waals surface area contributed by atoms with E-state index in [2.05, 4.69) is 6.92 Å². The van der Waals surface area contributed by atoms with Crippen molar-refractivity contribution in [3.63, 3.8) is 0 Å². The summed E-state index contributed by atoms with van der Waals surface area (Å²) in [4.78, 5) is 13.4. The number of anilines is 2. The average molecular weight is 206 g/mol. The fraction of sp³-hybridized carbons (Fsp3) is 0.417. The first-order chi connectivity index (χ1) is 7.16. The van der Waals surface area contributed by atoms with Crippen LogP contribution in [0, 0.1) is 0 Å². The third-order valence-electron chi connectivity index (χ3n) is 2.42. The van der Waals surface area contributed by atoms with E-state index < -0.39 is 0 Å². The summed E-state index contributed by atoms with van der Waals surface area (Å²) in [5.74, 6) is 0.120. The Morgan fingerprint density at radius 2 is 2.07 bits per heavy atom. The van der Waals surface area contributed by atoms with Crippen LogP contribution in [0.2, 0.25) is 0 Å². The Morgan fingerprint density at radius 3 is 2.67 bits per heavy atom. The first kappa shape index (κ1) is 11.6. The molecule has 0 spiro atoms. The zero-order valence-corrected chi connectivity index (χ0v) is 9.36. The number of nitrogen functional groups attached to an aromatic ring is 1. The van der Waals surface area contributed by atoms with Gasteiger partial charge < -0.3 is 10.6 Å². The van der Waals surface area contributed by atoms with Crippen molar-refractivity contribution in [1.82, 2.24) is 0 Å². The Kier molecular flexibility index (Phi) is 4.16. The molecule has 0 aromatic heterocycles. The van der Waals surface area contributed by atoms with Crippen LogP contribution >= 0.6 is 0 Å². The lowest BCUT2D eigenvalue weighted by Gasteiger charge is -2.18. The number of hydrogen-bond donors (Lipinski definition) is 1. The fourth-order valence-electron chi connectivity index (χ4n) is 1.42. The average Bonchev–Trinajstić information content (AvgIpc) is 2.25. The maximum atomic E-state index is 11.7. The lowest BCUT2D eigenvalue weighted by molar-refractivity contribution is -0.118. The van der Waals surface area contributed by atoms with Crippen molar-refractivity contribution in [2.45, 2.75) is 26.2 Å². The van der Waals surface area contributed by atoms with E-state index in [1.165, 1.54) is 0 Å². The Balaban J connectivity index is 2.72. The van der Waals surface area contributed by atoms with Crippen molar-refractivity contribution < 1.29 is 4.79 Å². The first-order valence-electron chi connectivity index (χ1n) is 5.28. The van der Waals surface area contributed by atoms with Crippen LogP contribution in [-0.4, -0.2) is 13.0 Å². The second-order valence-electron chi connectivity index (χ2n) is 3.62. The minimum absolute atomic E-state index is 0.120. The highest BCUT2D eigenvalue weighted by atomic mass is 16.2. The maximum absolute atomic E-state index is 11.7. The van der Waals surface area contributed by atoms with Crippen molar-refractivity contribution in [2.24, 2.45) is 0 Å². The zero-order valence-electron chi connectivity index (χ0n) is 9.36. The molecule has 1 aromatic rings. The number of amides is 1. The number of para-hydroxylation sites is 2. The normalized spacial score (nSPS) is 10.0. The van der Waals surface area contributed by atoms with Gasteiger partial charge in [0.1, 0.15) is 0 Å². The molecular formula is C12H18N2O. The fourth-order valence-corrected chi connectivity index (χ4v) is 1.42. The number of nitrogens with zero attached hydrogens (tertiary/aromatic N) is 1. The summed E-state index contributed by atoms with van der Waals surface area (Å²) in [5.41, 5.74) is 7.23. The molecule has 0 aliphatic heterocycles. The standard InChI is InChI=1S/C12H18N2O/c1-3-4-9-12(15)14(2)11-8-6-5-7-10(11)13/h5-8H,3-4,9,13H2,1-2H3. The number of rotatable bonds is 4. The molecule has 0 unspecified atom stereocenters. The number of unbranched alkanes of at least 4 members (excludes halogenated alkanes) is 1. The molecule has 15 heavy (non-hydrogen) atoms. The molecule has 82 valence electrons. The van der Waals surface area contributed by atoms with Crippen LogP contribution in [0.15, 0.2) is 24.3 Å². The molecule has 2 N–H and O–H groups in total. The predicted octanol–water partition coefficient (Wildman–Crippen LogP) is 2.42. The predicted molar refractivity (Wildman–Crippen MR) is 63.8 cm³/mol. The van der Waals surface area contributed by atoms with Gasteiger partial charge in [0.2, 0.25) is 5.91 Å². The molecule has 1 rings (SSSR count). The van der Waals surface area contributed by atoms with Crippen molar-refractivity contribution in [3.05, 3.63) is 24.3 Å². The molecule has 0 fully saturated rings. The van der Waals surface area contributed by atoms with Crippen molar-refractivity contribution in [3.8, 4) is 0 Å². The van der Waals surface area contributed by atoms with Gasteiger partial charge in [-0.1, -0.05) is 25.5 Å². The minimum Gasteiger partial charge on any atom is -0.397 e. The summed E-state index contributed by atoms with van der Waals surface area (Å²) in [7, 11) is 1.77. The van der Waals surface area contributed by atoms with Gasteiger partial charge in [-0.25, -0.2) is 0 Å². The van der Waals surface area contributed by atoms with E-state index in [9.17, 15) is 4.79 Å². The number of benzene rings is 1. The van der Waals surface area contributed by atoms with E-state index in [1.54, 1.807) is 18.0 Å². The molecular weight excluding hydrogens is 188 g/mol. The van der Waals surface area contributed by atoms with Gasteiger partial charge in [0.25, 0.3) is 0 Å². The Hall–Kier alpha value is -1.51. The molecule has 0 saturated heterocycles. The van der Waals surface area contributed by atoms with E-state index in [1.807, 2.05) is 18.2 Å². The summed E-state index contributed by atoms with van der Waals surface area (Å²) >= 11 is 0. The molecule has 0 atom stereocenters. The number of nitrogens with two attached hydrogens (primary N) is 1. The van der Waals surface area contributed by atoms with Crippen molar-refractivity contribution >= 4 is 17.3 Å². The van der Waals surface area contributed by atoms with Gasteiger partial charge in [0.05, 0.1) is 11.4 Å². The van der Waals surface area contributed by atoms with Crippen LogP contribution in [0.1, 0.15) is 26.2 Å². The lowest BCUT2D eigenvalue weighted by Crippen LogP contribution is -2.26. The third-order valence-corrected chi connectivity index (χ3v) is 2.42. The highest BCUT2D eigenvalue weighted by molar-refractivity contribution is 5.95. The van der Waals surface area contributed by atoms with Gasteiger partial charge >= 0.3 is 0 Å². The van der Waals surface area contributed by atoms with E-state index in [0.29, 0.717) is 12.1 Å². The molecule has 0 heterocycles. The van der Waals surface area contributed by atoms with Crippen LogP contribution < -0.4 is 10.6 Å². The molecule has 0 saturated carbocycles. The summed E-state index contributed by atoms with van der Waals surface area (Å²) in [5, 5.41) is 0. The number of carbonyl (C=O) groups is 1. The zero-order chi connectivity index (χ0) is 11.3. The van der Waals surface area contributed by atoms with Gasteiger partial charge in [-0.05, 0) is 18.6 Å². The van der Waals surface area contributed by atoms with Crippen LogP contribution in [0.25, 0.3) is 0 Å². The second kappa shape index (κ2) is 5.39. The van der Waals surface area contributed by atoms with Crippen LogP contribution in [0.3, 0.4) is 0 Å². The highest BCUT2D eigenvalue weighted by Crippen LogP contribution is 2.21. The first-order valence-corrected chi connectivity index (χ1v) is 5.28. The SMILES string of the molecule is CCCCC(=O)N(C)c1ccccc1N. The lowest BCUT2D eigenvalue weighted by atomic mass is 10.2. The molecule has 0 radical (unpaired) electrons. The van der Waals surface area contributed by atoms with E-state index in [0.717, 1.165) is 18.5 Å². The second-order valence-corrected chi connectivity index (χ2v) is 3.62. The van der Waals surface area contributed by atoms with Crippen LogP contribution in [0.5, 0.6) is 0 Å². The highest BCUT2D eigenvalue weighted by Gasteiger charge is 2.11. The largest absolute Gasteiger partial charge is 0.397 e. The molecule has 3 nitrogen and oxygen atoms in total. The number of carbonyl (C=O) groups excluding carboxylic acids is 1. The van der Waals surface area contributed by atoms with E-state index in [-0.39, 0.29) is 5.91 Å². The third kappa shape index (κ3) is 2.98. The summed E-state index contributed by atoms with van der Waals surface area (Å²) in [6.45, 7) is 2.07. The van der Waals surface area contributed by atoms with Gasteiger partial charge in [-0.2, -0.15) is 0 Å². The van der Waals surface area contributed by atoms with Gasteiger partial charge in [0, 0.05) is 13.5 Å². The van der Waals surface area contributed by atoms with Crippen LogP contribution in [0.4, 0.5) is 11.4 Å². The topological polar surface area (TPSA) is 46.3 Å². The van der Waals surface area contributed by atoms with Crippen LogP contribution in [-0.2, 0) is 4.79 Å². The Morgan fingerprint density at radius 1 is 1.40 bits per heavy atom. The van der Waals surface area contributed by atoms with Gasteiger partial charge in [-0.3, -0.25) is 4.79 Å². The van der Waals surface area contributed by atoms with Crippen molar-refractivity contribution in [2.75, 3.05) is 17.7 Å². The Bertz CT molecular complexity index is 336. The molecule has 0 aliphatic carbocycles. The number of hydrogen-bond acceptors (Lipinski definition) is 2. The molecule has 1 amide bonds. The van der Waals surface area contributed by atoms with Gasteiger partial charge in [-0.15, -0.1) is 0 Å². The van der Waals surface area contributed by atoms with E-state index >= 15 is 0 Å². The Labute approximate surface area is 90.9 Å². The minimum atomic E-state index is 0.120. The van der Waals surface area contributed by atoms with Crippen molar-refractivity contribution in [1.29, 1.82) is 0 Å². The van der Waals surface area contributed by atoms with E-state index in [4.69, 9.17) is 5.73 Å². The quantitative estimate of drug-likeness (QED) is 0.769. The molecule has 1 aromatic carbocycles. The smallest absolute Gasteiger partial charge is 0.226 e. The summed E-state index contributed by atoms with van der Waals surface area (Å²) < 4.78 is 0. The molecule has 0 bridgehead atoms. The summed E-state index contributed by atoms with van der Waals surface area (Å²) in [6.07, 6.45) is 2.54. The monoisotopic (exact) mass is 206 g/mol. The molecule has 3 heteroatoms. The summed E-state index contributed by atoms with van der Waals surface area (Å²) in [6, 6.07) is 7.41.